The molecule has 2 nitrogen and oxygen atoms in total. The lowest BCUT2D eigenvalue weighted by molar-refractivity contribution is -0.686. The van der Waals surface area contributed by atoms with Crippen LogP contribution in [0.3, 0.4) is 0 Å². The van der Waals surface area contributed by atoms with Gasteiger partial charge in [-0.3, -0.25) is 0 Å². The fourth-order valence-corrected chi connectivity index (χ4v) is 6.52. The SMILES string of the molecule is CCCCCCCCCCCCCCCCn1cc[n+](CCCCCCCCCCCCCCC)c1-c1ccccc1. The van der Waals surface area contributed by atoms with Gasteiger partial charge in [-0.05, 0) is 37.8 Å². The number of rotatable bonds is 30. The van der Waals surface area contributed by atoms with Gasteiger partial charge >= 0.3 is 0 Å². The first-order chi connectivity index (χ1) is 20.9. The number of aromatic nitrogens is 2. The zero-order chi connectivity index (χ0) is 29.8. The smallest absolute Gasteiger partial charge is 0.230 e. The minimum absolute atomic E-state index is 1.15. The molecule has 2 rings (SSSR count). The van der Waals surface area contributed by atoms with Crippen molar-refractivity contribution in [1.29, 1.82) is 0 Å². The molecule has 0 amide bonds. The van der Waals surface area contributed by atoms with Crippen molar-refractivity contribution in [2.45, 2.75) is 200 Å². The van der Waals surface area contributed by atoms with E-state index in [-0.39, 0.29) is 0 Å². The number of nitrogens with zero attached hydrogens (tertiary/aromatic N) is 2. The maximum Gasteiger partial charge on any atom is 0.288 e. The maximum absolute atomic E-state index is 2.53. The Bertz CT molecular complexity index is 823. The molecule has 1 heterocycles. The van der Waals surface area contributed by atoms with Crippen molar-refractivity contribution in [3.63, 3.8) is 0 Å². The Morgan fingerprint density at radius 1 is 0.452 bits per heavy atom. The molecular formula is C40H71N2+. The summed E-state index contributed by atoms with van der Waals surface area (Å²) in [7, 11) is 0. The van der Waals surface area contributed by atoms with Gasteiger partial charge in [-0.2, -0.15) is 0 Å². The number of benzene rings is 1. The summed E-state index contributed by atoms with van der Waals surface area (Å²) >= 11 is 0. The van der Waals surface area contributed by atoms with E-state index < -0.39 is 0 Å². The normalized spacial score (nSPS) is 11.5. The predicted octanol–water partition coefficient (Wildman–Crippen LogP) is 13.0. The molecule has 1 aromatic carbocycles. The van der Waals surface area contributed by atoms with E-state index in [1.165, 1.54) is 185 Å². The lowest BCUT2D eigenvalue weighted by atomic mass is 10.0. The molecule has 240 valence electrons. The van der Waals surface area contributed by atoms with Gasteiger partial charge in [0.05, 0.1) is 18.7 Å². The van der Waals surface area contributed by atoms with Crippen molar-refractivity contribution < 1.29 is 4.57 Å². The highest BCUT2D eigenvalue weighted by molar-refractivity contribution is 5.52. The first-order valence-corrected chi connectivity index (χ1v) is 19.0. The van der Waals surface area contributed by atoms with Crippen molar-refractivity contribution in [3.8, 4) is 11.4 Å². The average Bonchev–Trinajstić information content (AvgIpc) is 3.42. The van der Waals surface area contributed by atoms with Crippen LogP contribution in [0.5, 0.6) is 0 Å². The molecule has 0 aliphatic heterocycles. The summed E-state index contributed by atoms with van der Waals surface area (Å²) < 4.78 is 5.05. The van der Waals surface area contributed by atoms with Gasteiger partial charge in [0.2, 0.25) is 0 Å². The summed E-state index contributed by atoms with van der Waals surface area (Å²) in [6.07, 6.45) is 43.0. The predicted molar refractivity (Wildman–Crippen MR) is 186 cm³/mol. The van der Waals surface area contributed by atoms with Crippen LogP contribution in [0.1, 0.15) is 187 Å². The number of hydrogen-bond acceptors (Lipinski definition) is 0. The average molecular weight is 580 g/mol. The van der Waals surface area contributed by atoms with Crippen LogP contribution in [-0.4, -0.2) is 4.57 Å². The van der Waals surface area contributed by atoms with Gasteiger partial charge in [-0.15, -0.1) is 0 Å². The van der Waals surface area contributed by atoms with Gasteiger partial charge in [-0.1, -0.05) is 180 Å². The molecule has 0 saturated carbocycles. The second-order valence-electron chi connectivity index (χ2n) is 13.2. The van der Waals surface area contributed by atoms with Crippen molar-refractivity contribution in [1.82, 2.24) is 4.57 Å². The third-order valence-corrected chi connectivity index (χ3v) is 9.26. The zero-order valence-electron chi connectivity index (χ0n) is 28.4. The van der Waals surface area contributed by atoms with E-state index in [9.17, 15) is 0 Å². The quantitative estimate of drug-likeness (QED) is 0.0643. The molecule has 42 heavy (non-hydrogen) atoms. The standard InChI is InChI=1S/C40H71N2/c1-3-5-7-9-11-13-15-17-19-21-23-25-27-32-36-42-38-37-41(40(42)39-33-29-28-30-34-39)35-31-26-24-22-20-18-16-14-12-10-8-6-4-2/h28-30,33-34,37-38H,3-27,31-32,35-36H2,1-2H3/q+1. The molecule has 1 aromatic heterocycles. The van der Waals surface area contributed by atoms with E-state index >= 15 is 0 Å². The van der Waals surface area contributed by atoms with Crippen molar-refractivity contribution >= 4 is 0 Å². The summed E-state index contributed by atoms with van der Waals surface area (Å²) in [5, 5.41) is 0. The number of aryl methyl sites for hydroxylation is 2. The van der Waals surface area contributed by atoms with Crippen LogP contribution in [0.25, 0.3) is 11.4 Å². The van der Waals surface area contributed by atoms with Crippen LogP contribution in [0, 0.1) is 0 Å². The Morgan fingerprint density at radius 2 is 0.833 bits per heavy atom. The molecule has 0 radical (unpaired) electrons. The second kappa shape index (κ2) is 27.0. The number of unbranched alkanes of at least 4 members (excludes halogenated alkanes) is 25. The third-order valence-electron chi connectivity index (χ3n) is 9.26. The summed E-state index contributed by atoms with van der Waals surface area (Å²) in [5.74, 6) is 1.41. The molecule has 0 N–H and O–H groups in total. The molecule has 0 saturated heterocycles. The molecule has 2 heteroatoms. The molecule has 0 atom stereocenters. The van der Waals surface area contributed by atoms with E-state index in [1.54, 1.807) is 0 Å². The number of imidazole rings is 1. The van der Waals surface area contributed by atoms with Crippen LogP contribution < -0.4 is 4.57 Å². The van der Waals surface area contributed by atoms with Crippen LogP contribution in [-0.2, 0) is 13.1 Å². The molecule has 0 bridgehead atoms. The minimum atomic E-state index is 1.15. The molecule has 0 unspecified atom stereocenters. The van der Waals surface area contributed by atoms with Gasteiger partial charge in [0.25, 0.3) is 5.82 Å². The maximum atomic E-state index is 2.53. The molecule has 0 aliphatic carbocycles. The third kappa shape index (κ3) is 18.2. The van der Waals surface area contributed by atoms with Crippen LogP contribution >= 0.6 is 0 Å². The Kier molecular flexibility index (Phi) is 23.6. The van der Waals surface area contributed by atoms with E-state index in [2.05, 4.69) is 65.7 Å². The highest BCUT2D eigenvalue weighted by atomic mass is 15.1. The van der Waals surface area contributed by atoms with Crippen molar-refractivity contribution in [3.05, 3.63) is 42.7 Å². The molecule has 0 spiro atoms. The molecule has 2 aromatic rings. The first-order valence-electron chi connectivity index (χ1n) is 19.0. The first kappa shape index (κ1) is 36.6. The minimum Gasteiger partial charge on any atom is -0.230 e. The highest BCUT2D eigenvalue weighted by Crippen LogP contribution is 2.19. The fourth-order valence-electron chi connectivity index (χ4n) is 6.52. The fraction of sp³-hybridized carbons (Fsp3) is 0.775. The van der Waals surface area contributed by atoms with E-state index in [1.807, 2.05) is 0 Å². The Labute approximate surface area is 263 Å². The monoisotopic (exact) mass is 580 g/mol. The zero-order valence-corrected chi connectivity index (χ0v) is 28.4. The highest BCUT2D eigenvalue weighted by Gasteiger charge is 2.18. The van der Waals surface area contributed by atoms with Crippen LogP contribution in [0.2, 0.25) is 0 Å². The van der Waals surface area contributed by atoms with Gasteiger partial charge in [0.1, 0.15) is 12.4 Å². The lowest BCUT2D eigenvalue weighted by Gasteiger charge is -2.07. The summed E-state index contributed by atoms with van der Waals surface area (Å²) in [4.78, 5) is 0. The number of hydrogen-bond donors (Lipinski definition) is 0. The molecule has 0 fully saturated rings. The topological polar surface area (TPSA) is 8.81 Å². The largest absolute Gasteiger partial charge is 0.288 e. The van der Waals surface area contributed by atoms with E-state index in [4.69, 9.17) is 0 Å². The Morgan fingerprint density at radius 3 is 1.26 bits per heavy atom. The van der Waals surface area contributed by atoms with Gasteiger partial charge in [0, 0.05) is 0 Å². The Hall–Kier alpha value is -1.57. The summed E-state index contributed by atoms with van der Waals surface area (Å²) in [6, 6.07) is 11.1. The second-order valence-corrected chi connectivity index (χ2v) is 13.2. The van der Waals surface area contributed by atoms with Crippen LogP contribution in [0.4, 0.5) is 0 Å². The van der Waals surface area contributed by atoms with Gasteiger partial charge in [0.15, 0.2) is 0 Å². The lowest BCUT2D eigenvalue weighted by Crippen LogP contribution is -2.34. The van der Waals surface area contributed by atoms with Crippen molar-refractivity contribution in [2.24, 2.45) is 0 Å². The molecule has 0 aliphatic rings. The van der Waals surface area contributed by atoms with Crippen molar-refractivity contribution in [2.75, 3.05) is 0 Å². The molecular weight excluding hydrogens is 508 g/mol. The Balaban J connectivity index is 1.57. The summed E-state index contributed by atoms with van der Waals surface area (Å²) in [6.45, 7) is 6.90. The van der Waals surface area contributed by atoms with Crippen LogP contribution in [0.15, 0.2) is 42.7 Å². The van der Waals surface area contributed by atoms with E-state index in [0.29, 0.717) is 0 Å². The van der Waals surface area contributed by atoms with Gasteiger partial charge in [-0.25, -0.2) is 9.13 Å². The van der Waals surface area contributed by atoms with Gasteiger partial charge < -0.3 is 0 Å². The summed E-state index contributed by atoms with van der Waals surface area (Å²) in [5.41, 5.74) is 1.36. The van der Waals surface area contributed by atoms with E-state index in [0.717, 1.165) is 13.1 Å².